The number of halogens is 3. The first-order valence-electron chi connectivity index (χ1n) is 10.7. The molecule has 35 heavy (non-hydrogen) atoms. The van der Waals surface area contributed by atoms with Crippen LogP contribution in [0.25, 0.3) is 0 Å². The van der Waals surface area contributed by atoms with Crippen molar-refractivity contribution in [2.45, 2.75) is 24.4 Å². The highest BCUT2D eigenvalue weighted by molar-refractivity contribution is 7.92. The van der Waals surface area contributed by atoms with Gasteiger partial charge in [-0.25, -0.2) is 8.42 Å². The Morgan fingerprint density at radius 3 is 2.14 bits per heavy atom. The monoisotopic (exact) mass is 497 g/mol. The van der Waals surface area contributed by atoms with Crippen molar-refractivity contribution in [1.29, 1.82) is 0 Å². The van der Waals surface area contributed by atoms with Crippen LogP contribution in [-0.2, 0) is 22.6 Å². The summed E-state index contributed by atoms with van der Waals surface area (Å²) in [6.45, 7) is 1.80. The smallest absolute Gasteiger partial charge is 0.416 e. The minimum absolute atomic E-state index is 0.0470. The molecule has 0 saturated heterocycles. The Morgan fingerprint density at radius 2 is 1.46 bits per heavy atom. The van der Waals surface area contributed by atoms with Gasteiger partial charge in [-0.05, 0) is 54.4 Å². The number of hydrogen-bond acceptors (Lipinski definition) is 3. The Labute approximate surface area is 202 Å². The molecule has 180 valence electrons. The molecule has 0 bridgehead atoms. The molecule has 4 aromatic rings. The van der Waals surface area contributed by atoms with Gasteiger partial charge in [-0.15, -0.1) is 0 Å². The number of aryl methyl sites for hydroxylation is 1. The van der Waals surface area contributed by atoms with E-state index in [-0.39, 0.29) is 16.3 Å². The predicted octanol–water partition coefficient (Wildman–Crippen LogP) is 7.20. The average molecular weight is 498 g/mol. The molecule has 0 heterocycles. The van der Waals surface area contributed by atoms with Crippen LogP contribution < -0.4 is 9.46 Å². The summed E-state index contributed by atoms with van der Waals surface area (Å²) in [4.78, 5) is -0.0732. The number of alkyl halides is 3. The molecule has 4 nitrogen and oxygen atoms in total. The van der Waals surface area contributed by atoms with E-state index in [0.29, 0.717) is 12.2 Å². The topological polar surface area (TPSA) is 55.4 Å². The number of ether oxygens (including phenoxy) is 1. The van der Waals surface area contributed by atoms with Crippen LogP contribution in [0.1, 0.15) is 22.3 Å². The van der Waals surface area contributed by atoms with Gasteiger partial charge in [0.05, 0.1) is 16.1 Å². The van der Waals surface area contributed by atoms with Crippen LogP contribution in [-0.4, -0.2) is 8.42 Å². The van der Waals surface area contributed by atoms with Crippen LogP contribution in [0.5, 0.6) is 11.5 Å². The Bertz CT molecular complexity index is 1420. The minimum Gasteiger partial charge on any atom is -0.455 e. The van der Waals surface area contributed by atoms with Gasteiger partial charge in [-0.3, -0.25) is 4.72 Å². The molecule has 0 fully saturated rings. The highest BCUT2D eigenvalue weighted by Gasteiger charge is 2.32. The second kappa shape index (κ2) is 9.84. The average Bonchev–Trinajstić information content (AvgIpc) is 2.81. The van der Waals surface area contributed by atoms with Crippen LogP contribution >= 0.6 is 0 Å². The zero-order chi connectivity index (χ0) is 25.1. The summed E-state index contributed by atoms with van der Waals surface area (Å²) in [5.74, 6) is 0.362. The van der Waals surface area contributed by atoms with E-state index in [9.17, 15) is 21.6 Å². The van der Waals surface area contributed by atoms with Crippen molar-refractivity contribution in [3.8, 4) is 11.5 Å². The molecule has 0 aliphatic carbocycles. The number of hydrogen-bond donors (Lipinski definition) is 1. The van der Waals surface area contributed by atoms with Crippen LogP contribution in [0, 0.1) is 6.92 Å². The highest BCUT2D eigenvalue weighted by Crippen LogP contribution is 2.38. The van der Waals surface area contributed by atoms with Crippen molar-refractivity contribution in [3.05, 3.63) is 119 Å². The van der Waals surface area contributed by atoms with Gasteiger partial charge in [0.15, 0.2) is 5.75 Å². The fourth-order valence-electron chi connectivity index (χ4n) is 3.48. The van der Waals surface area contributed by atoms with Crippen molar-refractivity contribution in [3.63, 3.8) is 0 Å². The number of benzene rings is 4. The molecule has 0 aliphatic heterocycles. The SMILES string of the molecule is Cc1ccc(S(=O)(=O)Nc2cc(C(F)(F)F)ccc2Oc2ccccc2Cc2ccccc2)cc1. The Hall–Kier alpha value is -3.78. The third-order valence-electron chi connectivity index (χ3n) is 5.31. The summed E-state index contributed by atoms with van der Waals surface area (Å²) >= 11 is 0. The Balaban J connectivity index is 1.71. The third-order valence-corrected chi connectivity index (χ3v) is 6.69. The van der Waals surface area contributed by atoms with E-state index in [1.54, 1.807) is 31.2 Å². The molecule has 0 amide bonds. The lowest BCUT2D eigenvalue weighted by Crippen LogP contribution is -2.15. The van der Waals surface area contributed by atoms with Gasteiger partial charge in [-0.2, -0.15) is 13.2 Å². The zero-order valence-electron chi connectivity index (χ0n) is 18.7. The van der Waals surface area contributed by atoms with E-state index in [4.69, 9.17) is 4.74 Å². The number of para-hydroxylation sites is 1. The molecule has 0 saturated carbocycles. The summed E-state index contributed by atoms with van der Waals surface area (Å²) < 4.78 is 74.4. The fraction of sp³-hybridized carbons (Fsp3) is 0.111. The number of rotatable bonds is 7. The van der Waals surface area contributed by atoms with E-state index in [0.717, 1.165) is 34.9 Å². The number of anilines is 1. The van der Waals surface area contributed by atoms with E-state index in [1.165, 1.54) is 12.1 Å². The van der Waals surface area contributed by atoms with Crippen LogP contribution in [0.15, 0.2) is 102 Å². The first kappa shape index (κ1) is 24.3. The molecule has 4 rings (SSSR count). The van der Waals surface area contributed by atoms with Crippen LogP contribution in [0.3, 0.4) is 0 Å². The molecule has 8 heteroatoms. The maximum absolute atomic E-state index is 13.4. The van der Waals surface area contributed by atoms with Crippen molar-refractivity contribution < 1.29 is 26.3 Å². The quantitative estimate of drug-likeness (QED) is 0.294. The maximum atomic E-state index is 13.4. The van der Waals surface area contributed by atoms with E-state index in [1.807, 2.05) is 42.5 Å². The van der Waals surface area contributed by atoms with Gasteiger partial charge in [0.25, 0.3) is 10.0 Å². The summed E-state index contributed by atoms with van der Waals surface area (Å²) in [6, 6.07) is 25.5. The van der Waals surface area contributed by atoms with Gasteiger partial charge in [-0.1, -0.05) is 66.2 Å². The van der Waals surface area contributed by atoms with Gasteiger partial charge >= 0.3 is 6.18 Å². The summed E-state index contributed by atoms with van der Waals surface area (Å²) in [5.41, 5.74) is 1.36. The molecule has 0 radical (unpaired) electrons. The van der Waals surface area contributed by atoms with E-state index < -0.39 is 21.8 Å². The second-order valence-electron chi connectivity index (χ2n) is 8.00. The molecular weight excluding hydrogens is 475 g/mol. The lowest BCUT2D eigenvalue weighted by Gasteiger charge is -2.17. The molecule has 1 N–H and O–H groups in total. The molecule has 4 aromatic carbocycles. The zero-order valence-corrected chi connectivity index (χ0v) is 19.5. The second-order valence-corrected chi connectivity index (χ2v) is 9.68. The van der Waals surface area contributed by atoms with Crippen LogP contribution in [0.4, 0.5) is 18.9 Å². The van der Waals surface area contributed by atoms with Crippen molar-refractivity contribution >= 4 is 15.7 Å². The lowest BCUT2D eigenvalue weighted by molar-refractivity contribution is -0.137. The number of sulfonamides is 1. The maximum Gasteiger partial charge on any atom is 0.416 e. The largest absolute Gasteiger partial charge is 0.455 e. The molecule has 0 spiro atoms. The Morgan fingerprint density at radius 1 is 0.800 bits per heavy atom. The van der Waals surface area contributed by atoms with Gasteiger partial charge in [0, 0.05) is 6.42 Å². The lowest BCUT2D eigenvalue weighted by atomic mass is 10.0. The van der Waals surface area contributed by atoms with Crippen LogP contribution in [0.2, 0.25) is 0 Å². The number of nitrogens with one attached hydrogen (secondary N) is 1. The molecule has 0 atom stereocenters. The first-order chi connectivity index (χ1) is 16.6. The summed E-state index contributed by atoms with van der Waals surface area (Å²) in [5, 5.41) is 0. The minimum atomic E-state index is -4.66. The van der Waals surface area contributed by atoms with Gasteiger partial charge < -0.3 is 4.74 Å². The Kier molecular flexibility index (Phi) is 6.84. The first-order valence-corrected chi connectivity index (χ1v) is 12.2. The molecule has 0 aliphatic rings. The summed E-state index contributed by atoms with van der Waals surface area (Å²) in [7, 11) is -4.16. The van der Waals surface area contributed by atoms with Crippen molar-refractivity contribution in [1.82, 2.24) is 0 Å². The third kappa shape index (κ3) is 6.02. The molecular formula is C27H22F3NO3S. The van der Waals surface area contributed by atoms with Crippen molar-refractivity contribution in [2.24, 2.45) is 0 Å². The summed E-state index contributed by atoms with van der Waals surface area (Å²) in [6.07, 6.45) is -4.13. The van der Waals surface area contributed by atoms with Gasteiger partial charge in [0.1, 0.15) is 5.75 Å². The highest BCUT2D eigenvalue weighted by atomic mass is 32.2. The normalized spacial score (nSPS) is 11.8. The van der Waals surface area contributed by atoms with Gasteiger partial charge in [0.2, 0.25) is 0 Å². The predicted molar refractivity (Wildman–Crippen MR) is 129 cm³/mol. The van der Waals surface area contributed by atoms with Crippen molar-refractivity contribution in [2.75, 3.05) is 4.72 Å². The van der Waals surface area contributed by atoms with E-state index >= 15 is 0 Å². The fourth-order valence-corrected chi connectivity index (χ4v) is 4.54. The molecule has 0 aromatic heterocycles. The standard InChI is InChI=1S/C27H22F3NO3S/c1-19-11-14-23(15-12-19)35(32,33)31-24-18-22(27(28,29)30)13-16-26(24)34-25-10-6-5-9-21(25)17-20-7-3-2-4-8-20/h2-16,18,31H,17H2,1H3. The molecule has 0 unspecified atom stereocenters. The van der Waals surface area contributed by atoms with E-state index in [2.05, 4.69) is 4.72 Å².